The predicted molar refractivity (Wildman–Crippen MR) is 94.3 cm³/mol. The number of aromatic nitrogens is 4. The van der Waals surface area contributed by atoms with Crippen molar-refractivity contribution in [3.8, 4) is 10.8 Å². The lowest BCUT2D eigenvalue weighted by atomic mass is 10.2. The Morgan fingerprint density at radius 1 is 1.42 bits per heavy atom. The molecule has 3 aromatic rings. The SMILES string of the molecule is CN(C)Cc1cc(NC(=O)c2csc(-c3ncn[nH]3)n2)ccc1Cl. The predicted octanol–water partition coefficient (Wildman–Crippen LogP) is 2.90. The Balaban J connectivity index is 1.75. The number of amides is 1. The molecule has 7 nitrogen and oxygen atoms in total. The molecular formula is C15H15ClN6OS. The highest BCUT2D eigenvalue weighted by molar-refractivity contribution is 7.13. The van der Waals surface area contributed by atoms with Crippen molar-refractivity contribution in [2.75, 3.05) is 19.4 Å². The molecule has 0 aliphatic heterocycles. The smallest absolute Gasteiger partial charge is 0.275 e. The second-order valence-electron chi connectivity index (χ2n) is 5.37. The quantitative estimate of drug-likeness (QED) is 0.728. The Hall–Kier alpha value is -2.29. The van der Waals surface area contributed by atoms with E-state index in [1.807, 2.05) is 25.1 Å². The highest BCUT2D eigenvalue weighted by atomic mass is 35.5. The Bertz CT molecular complexity index is 846. The molecular weight excluding hydrogens is 348 g/mol. The molecule has 0 atom stereocenters. The van der Waals surface area contributed by atoms with Crippen LogP contribution in [0.1, 0.15) is 16.1 Å². The standard InChI is InChI=1S/C15H15ClN6OS/c1-22(2)6-9-5-10(3-4-11(9)16)19-14(23)12-7-24-15(20-12)13-17-8-18-21-13/h3-5,7-8H,6H2,1-2H3,(H,19,23)(H,17,18,21). The molecule has 0 fully saturated rings. The first kappa shape index (κ1) is 16.6. The zero-order valence-corrected chi connectivity index (χ0v) is 14.6. The van der Waals surface area contributed by atoms with Crippen LogP contribution in [-0.2, 0) is 6.54 Å². The molecule has 124 valence electrons. The van der Waals surface area contributed by atoms with Crippen LogP contribution < -0.4 is 5.32 Å². The van der Waals surface area contributed by atoms with E-state index in [1.165, 1.54) is 17.7 Å². The third-order valence-corrected chi connectivity index (χ3v) is 4.36. The van der Waals surface area contributed by atoms with Crippen LogP contribution in [0.5, 0.6) is 0 Å². The Labute approximate surface area is 147 Å². The highest BCUT2D eigenvalue weighted by Crippen LogP contribution is 2.23. The number of nitrogens with zero attached hydrogens (tertiary/aromatic N) is 4. The average molecular weight is 363 g/mol. The van der Waals surface area contributed by atoms with Gasteiger partial charge in [0.05, 0.1) is 0 Å². The van der Waals surface area contributed by atoms with E-state index >= 15 is 0 Å². The Morgan fingerprint density at radius 2 is 2.25 bits per heavy atom. The number of aromatic amines is 1. The molecule has 1 aromatic carbocycles. The number of halogens is 1. The van der Waals surface area contributed by atoms with Crippen molar-refractivity contribution in [3.63, 3.8) is 0 Å². The van der Waals surface area contributed by atoms with Crippen molar-refractivity contribution in [2.24, 2.45) is 0 Å². The van der Waals surface area contributed by atoms with Crippen LogP contribution in [0, 0.1) is 0 Å². The van der Waals surface area contributed by atoms with Crippen molar-refractivity contribution in [3.05, 3.63) is 46.2 Å². The van der Waals surface area contributed by atoms with Gasteiger partial charge in [-0.3, -0.25) is 9.89 Å². The number of thiazole rings is 1. The number of nitrogens with one attached hydrogen (secondary N) is 2. The maximum Gasteiger partial charge on any atom is 0.275 e. The number of hydrogen-bond acceptors (Lipinski definition) is 6. The van der Waals surface area contributed by atoms with E-state index in [1.54, 1.807) is 17.5 Å². The van der Waals surface area contributed by atoms with Crippen LogP contribution in [0.25, 0.3) is 10.8 Å². The average Bonchev–Trinajstić information content (AvgIpc) is 3.20. The van der Waals surface area contributed by atoms with Gasteiger partial charge in [0.2, 0.25) is 0 Å². The van der Waals surface area contributed by atoms with Crippen molar-refractivity contribution in [1.29, 1.82) is 0 Å². The second kappa shape index (κ2) is 7.08. The lowest BCUT2D eigenvalue weighted by molar-refractivity contribution is 0.102. The van der Waals surface area contributed by atoms with Crippen LogP contribution in [0.3, 0.4) is 0 Å². The van der Waals surface area contributed by atoms with Gasteiger partial charge in [0, 0.05) is 22.6 Å². The summed E-state index contributed by atoms with van der Waals surface area (Å²) >= 11 is 7.51. The molecule has 0 bridgehead atoms. The maximum absolute atomic E-state index is 12.4. The minimum absolute atomic E-state index is 0.282. The van der Waals surface area contributed by atoms with Gasteiger partial charge in [-0.05, 0) is 37.9 Å². The number of anilines is 1. The number of carbonyl (C=O) groups excluding carboxylic acids is 1. The van der Waals surface area contributed by atoms with Gasteiger partial charge < -0.3 is 10.2 Å². The summed E-state index contributed by atoms with van der Waals surface area (Å²) in [4.78, 5) is 22.7. The van der Waals surface area contributed by atoms with Crippen LogP contribution in [0.2, 0.25) is 5.02 Å². The molecule has 0 spiro atoms. The fourth-order valence-corrected chi connectivity index (χ4v) is 3.03. The molecule has 0 aliphatic rings. The first-order valence-corrected chi connectivity index (χ1v) is 8.34. The van der Waals surface area contributed by atoms with Gasteiger partial charge in [0.15, 0.2) is 10.8 Å². The van der Waals surface area contributed by atoms with Gasteiger partial charge in [-0.15, -0.1) is 11.3 Å². The van der Waals surface area contributed by atoms with E-state index in [9.17, 15) is 4.79 Å². The van der Waals surface area contributed by atoms with Gasteiger partial charge in [-0.25, -0.2) is 9.97 Å². The van der Waals surface area contributed by atoms with Crippen molar-refractivity contribution in [2.45, 2.75) is 6.54 Å². The molecule has 0 unspecified atom stereocenters. The summed E-state index contributed by atoms with van der Waals surface area (Å²) < 4.78 is 0. The number of benzene rings is 1. The summed E-state index contributed by atoms with van der Waals surface area (Å²) in [6.45, 7) is 0.689. The molecule has 2 N–H and O–H groups in total. The largest absolute Gasteiger partial charge is 0.321 e. The van der Waals surface area contributed by atoms with E-state index in [2.05, 4.69) is 25.5 Å². The molecule has 2 heterocycles. The monoisotopic (exact) mass is 362 g/mol. The zero-order chi connectivity index (χ0) is 17.1. The molecule has 2 aromatic heterocycles. The summed E-state index contributed by atoms with van der Waals surface area (Å²) in [5, 5.41) is 12.3. The van der Waals surface area contributed by atoms with Gasteiger partial charge >= 0.3 is 0 Å². The maximum atomic E-state index is 12.4. The molecule has 1 amide bonds. The highest BCUT2D eigenvalue weighted by Gasteiger charge is 2.14. The summed E-state index contributed by atoms with van der Waals surface area (Å²) in [5.41, 5.74) is 1.95. The van der Waals surface area contributed by atoms with Crippen molar-refractivity contribution < 1.29 is 4.79 Å². The zero-order valence-electron chi connectivity index (χ0n) is 13.1. The number of H-pyrrole nitrogens is 1. The fourth-order valence-electron chi connectivity index (χ4n) is 2.10. The minimum Gasteiger partial charge on any atom is -0.321 e. The minimum atomic E-state index is -0.282. The fraction of sp³-hybridized carbons (Fsp3) is 0.200. The van der Waals surface area contributed by atoms with Crippen LogP contribution in [0.15, 0.2) is 29.9 Å². The first-order chi connectivity index (χ1) is 11.5. The number of rotatable bonds is 5. The molecule has 0 aliphatic carbocycles. The van der Waals surface area contributed by atoms with E-state index in [4.69, 9.17) is 11.6 Å². The molecule has 9 heteroatoms. The third kappa shape index (κ3) is 3.78. The van der Waals surface area contributed by atoms with Gasteiger partial charge in [-0.1, -0.05) is 11.6 Å². The number of hydrogen-bond donors (Lipinski definition) is 2. The van der Waals surface area contributed by atoms with Gasteiger partial charge in [-0.2, -0.15) is 5.10 Å². The van der Waals surface area contributed by atoms with Crippen molar-refractivity contribution in [1.82, 2.24) is 25.1 Å². The topological polar surface area (TPSA) is 86.8 Å². The Kier molecular flexibility index (Phi) is 4.89. The third-order valence-electron chi connectivity index (χ3n) is 3.14. The number of carbonyl (C=O) groups is 1. The van der Waals surface area contributed by atoms with Crippen LogP contribution in [-0.4, -0.2) is 45.1 Å². The van der Waals surface area contributed by atoms with Crippen LogP contribution in [0.4, 0.5) is 5.69 Å². The summed E-state index contributed by atoms with van der Waals surface area (Å²) in [6, 6.07) is 5.41. The van der Waals surface area contributed by atoms with Crippen LogP contribution >= 0.6 is 22.9 Å². The molecule has 3 rings (SSSR count). The van der Waals surface area contributed by atoms with E-state index in [-0.39, 0.29) is 5.91 Å². The van der Waals surface area contributed by atoms with Gasteiger partial charge in [0.1, 0.15) is 12.0 Å². The molecule has 0 saturated carbocycles. The first-order valence-electron chi connectivity index (χ1n) is 7.08. The second-order valence-corrected chi connectivity index (χ2v) is 6.64. The lowest BCUT2D eigenvalue weighted by Crippen LogP contribution is -2.14. The molecule has 0 radical (unpaired) electrons. The summed E-state index contributed by atoms with van der Waals surface area (Å²) in [5.74, 6) is 0.258. The molecule has 24 heavy (non-hydrogen) atoms. The van der Waals surface area contributed by atoms with E-state index < -0.39 is 0 Å². The van der Waals surface area contributed by atoms with Crippen molar-refractivity contribution >= 4 is 34.5 Å². The van der Waals surface area contributed by atoms with E-state index in [0.717, 1.165) is 5.56 Å². The normalized spacial score (nSPS) is 11.0. The molecule has 0 saturated heterocycles. The lowest BCUT2D eigenvalue weighted by Gasteiger charge is -2.13. The summed E-state index contributed by atoms with van der Waals surface area (Å²) in [7, 11) is 3.92. The Morgan fingerprint density at radius 3 is 2.96 bits per heavy atom. The summed E-state index contributed by atoms with van der Waals surface area (Å²) in [6.07, 6.45) is 1.40. The van der Waals surface area contributed by atoms with E-state index in [0.29, 0.717) is 33.8 Å². The van der Waals surface area contributed by atoms with Gasteiger partial charge in [0.25, 0.3) is 5.91 Å².